The van der Waals surface area contributed by atoms with Crippen LogP contribution in [0.2, 0.25) is 0 Å². The molecule has 3 rings (SSSR count). The quantitative estimate of drug-likeness (QED) is 0.914. The zero-order valence-corrected chi connectivity index (χ0v) is 15.5. The molecule has 130 valence electrons. The van der Waals surface area contributed by atoms with Crippen LogP contribution in [0.15, 0.2) is 66.7 Å². The number of hydrogen-bond acceptors (Lipinski definition) is 3. The van der Waals surface area contributed by atoms with Crippen molar-refractivity contribution < 1.29 is 5.11 Å². The zero-order valence-electron chi connectivity index (χ0n) is 15.5. The lowest BCUT2D eigenvalue weighted by molar-refractivity contribution is 0.342. The third-order valence-corrected chi connectivity index (χ3v) is 3.54. The molecule has 0 saturated heterocycles. The van der Waals surface area contributed by atoms with Gasteiger partial charge in [0.05, 0.1) is 6.04 Å². The number of aliphatic hydroxyl groups excluding tert-OH is 1. The van der Waals surface area contributed by atoms with Gasteiger partial charge in [-0.15, -0.1) is 0 Å². The van der Waals surface area contributed by atoms with E-state index in [-0.39, 0.29) is 0 Å². The first-order chi connectivity index (χ1) is 11.6. The lowest BCUT2D eigenvalue weighted by atomic mass is 10.0. The SMILES string of the molecule is CN(C)C.CN1CC(c2ccccc2)=CC1c1ccccc1.CO. The molecule has 0 spiro atoms. The number of hydrogen-bond donors (Lipinski definition) is 1. The molecule has 1 heterocycles. The van der Waals surface area contributed by atoms with Gasteiger partial charge in [0.2, 0.25) is 0 Å². The smallest absolute Gasteiger partial charge is 0.0538 e. The van der Waals surface area contributed by atoms with E-state index in [2.05, 4.69) is 78.7 Å². The summed E-state index contributed by atoms with van der Waals surface area (Å²) in [6.45, 7) is 1.02. The van der Waals surface area contributed by atoms with Gasteiger partial charge in [-0.25, -0.2) is 0 Å². The molecular formula is C21H30N2O. The summed E-state index contributed by atoms with van der Waals surface area (Å²) in [5.74, 6) is 0. The van der Waals surface area contributed by atoms with Crippen molar-refractivity contribution in [2.45, 2.75) is 6.04 Å². The Balaban J connectivity index is 0.000000423. The Bertz CT molecular complexity index is 591. The Kier molecular flexibility index (Phi) is 9.02. The van der Waals surface area contributed by atoms with E-state index in [1.165, 1.54) is 16.7 Å². The van der Waals surface area contributed by atoms with Crippen molar-refractivity contribution in [3.05, 3.63) is 77.9 Å². The molecule has 3 heteroatoms. The van der Waals surface area contributed by atoms with E-state index in [0.717, 1.165) is 13.7 Å². The third kappa shape index (κ3) is 6.28. The summed E-state index contributed by atoms with van der Waals surface area (Å²) in [7, 11) is 9.18. The minimum atomic E-state index is 0.404. The van der Waals surface area contributed by atoms with Crippen LogP contribution < -0.4 is 0 Å². The largest absolute Gasteiger partial charge is 0.400 e. The van der Waals surface area contributed by atoms with Crippen molar-refractivity contribution in [2.75, 3.05) is 41.8 Å². The zero-order chi connectivity index (χ0) is 17.9. The van der Waals surface area contributed by atoms with Gasteiger partial charge in [-0.3, -0.25) is 4.90 Å². The van der Waals surface area contributed by atoms with Crippen LogP contribution in [0.4, 0.5) is 0 Å². The lowest BCUT2D eigenvalue weighted by Gasteiger charge is -2.19. The first-order valence-electron chi connectivity index (χ1n) is 8.15. The van der Waals surface area contributed by atoms with Crippen LogP contribution in [0, 0.1) is 0 Å². The molecule has 1 N–H and O–H groups in total. The predicted molar refractivity (Wildman–Crippen MR) is 104 cm³/mol. The molecule has 1 aliphatic heterocycles. The Morgan fingerprint density at radius 1 is 0.875 bits per heavy atom. The van der Waals surface area contributed by atoms with E-state index in [1.807, 2.05) is 26.0 Å². The van der Waals surface area contributed by atoms with Crippen molar-refractivity contribution in [3.8, 4) is 0 Å². The fourth-order valence-electron chi connectivity index (χ4n) is 2.58. The normalized spacial score (nSPS) is 16.6. The maximum absolute atomic E-state index is 7.00. The highest BCUT2D eigenvalue weighted by molar-refractivity contribution is 5.70. The Morgan fingerprint density at radius 3 is 1.83 bits per heavy atom. The van der Waals surface area contributed by atoms with E-state index in [1.54, 1.807) is 0 Å². The molecule has 0 aromatic heterocycles. The van der Waals surface area contributed by atoms with Gasteiger partial charge in [-0.1, -0.05) is 66.7 Å². The minimum Gasteiger partial charge on any atom is -0.400 e. The summed E-state index contributed by atoms with van der Waals surface area (Å²) >= 11 is 0. The van der Waals surface area contributed by atoms with Crippen molar-refractivity contribution in [2.24, 2.45) is 0 Å². The number of benzene rings is 2. The molecule has 0 saturated carbocycles. The Morgan fingerprint density at radius 2 is 1.33 bits per heavy atom. The molecule has 0 fully saturated rings. The fraction of sp³-hybridized carbons (Fsp3) is 0.333. The molecule has 0 amide bonds. The van der Waals surface area contributed by atoms with Crippen LogP contribution in [-0.4, -0.2) is 56.8 Å². The summed E-state index contributed by atoms with van der Waals surface area (Å²) in [5, 5.41) is 7.00. The van der Waals surface area contributed by atoms with E-state index in [4.69, 9.17) is 5.11 Å². The molecule has 0 aliphatic carbocycles. The molecule has 1 unspecified atom stereocenters. The van der Waals surface area contributed by atoms with Crippen LogP contribution in [0.1, 0.15) is 17.2 Å². The summed E-state index contributed by atoms with van der Waals surface area (Å²) in [6.07, 6.45) is 2.38. The van der Waals surface area contributed by atoms with Crippen molar-refractivity contribution in [1.29, 1.82) is 0 Å². The van der Waals surface area contributed by atoms with Gasteiger partial charge in [0.1, 0.15) is 0 Å². The van der Waals surface area contributed by atoms with E-state index in [9.17, 15) is 0 Å². The van der Waals surface area contributed by atoms with Crippen LogP contribution in [-0.2, 0) is 0 Å². The Hall–Kier alpha value is -1.94. The van der Waals surface area contributed by atoms with E-state index < -0.39 is 0 Å². The highest BCUT2D eigenvalue weighted by Crippen LogP contribution is 2.32. The van der Waals surface area contributed by atoms with Crippen molar-refractivity contribution in [1.82, 2.24) is 9.80 Å². The average Bonchev–Trinajstić information content (AvgIpc) is 3.00. The second-order valence-corrected chi connectivity index (χ2v) is 6.17. The maximum atomic E-state index is 7.00. The first kappa shape index (κ1) is 20.1. The first-order valence-corrected chi connectivity index (χ1v) is 8.15. The molecule has 2 aromatic rings. The van der Waals surface area contributed by atoms with Crippen LogP contribution >= 0.6 is 0 Å². The van der Waals surface area contributed by atoms with Crippen LogP contribution in [0.3, 0.4) is 0 Å². The number of likely N-dealkylation sites (N-methyl/N-ethyl adjacent to an activating group) is 1. The molecular weight excluding hydrogens is 296 g/mol. The fourth-order valence-corrected chi connectivity index (χ4v) is 2.58. The molecule has 1 aliphatic rings. The number of aliphatic hydroxyl groups is 1. The van der Waals surface area contributed by atoms with Gasteiger partial charge in [-0.2, -0.15) is 0 Å². The maximum Gasteiger partial charge on any atom is 0.0538 e. The lowest BCUT2D eigenvalue weighted by Crippen LogP contribution is -2.18. The van der Waals surface area contributed by atoms with Gasteiger partial charge in [0.25, 0.3) is 0 Å². The monoisotopic (exact) mass is 326 g/mol. The highest BCUT2D eigenvalue weighted by atomic mass is 16.2. The van der Waals surface area contributed by atoms with E-state index in [0.29, 0.717) is 6.04 Å². The average molecular weight is 326 g/mol. The second kappa shape index (κ2) is 10.8. The third-order valence-electron chi connectivity index (χ3n) is 3.54. The molecule has 1 atom stereocenters. The van der Waals surface area contributed by atoms with Gasteiger partial charge in [0.15, 0.2) is 0 Å². The number of nitrogens with zero attached hydrogens (tertiary/aromatic N) is 2. The van der Waals surface area contributed by atoms with Crippen molar-refractivity contribution in [3.63, 3.8) is 0 Å². The van der Waals surface area contributed by atoms with Gasteiger partial charge >= 0.3 is 0 Å². The summed E-state index contributed by atoms with van der Waals surface area (Å²) in [6, 6.07) is 21.7. The topological polar surface area (TPSA) is 26.7 Å². The van der Waals surface area contributed by atoms with Gasteiger partial charge in [0, 0.05) is 13.7 Å². The van der Waals surface area contributed by atoms with E-state index >= 15 is 0 Å². The molecule has 0 bridgehead atoms. The summed E-state index contributed by atoms with van der Waals surface area (Å²) in [4.78, 5) is 4.39. The van der Waals surface area contributed by atoms with Crippen LogP contribution in [0.5, 0.6) is 0 Å². The Labute approximate surface area is 146 Å². The molecule has 3 nitrogen and oxygen atoms in total. The predicted octanol–water partition coefficient (Wildman–Crippen LogP) is 3.54. The molecule has 24 heavy (non-hydrogen) atoms. The summed E-state index contributed by atoms with van der Waals surface area (Å²) in [5.41, 5.74) is 4.13. The van der Waals surface area contributed by atoms with Gasteiger partial charge < -0.3 is 10.0 Å². The minimum absolute atomic E-state index is 0.404. The van der Waals surface area contributed by atoms with Crippen LogP contribution in [0.25, 0.3) is 5.57 Å². The second-order valence-electron chi connectivity index (χ2n) is 6.17. The van der Waals surface area contributed by atoms with Crippen molar-refractivity contribution >= 4 is 5.57 Å². The molecule has 0 radical (unpaired) electrons. The number of rotatable bonds is 2. The summed E-state index contributed by atoms with van der Waals surface area (Å²) < 4.78 is 0. The highest BCUT2D eigenvalue weighted by Gasteiger charge is 2.23. The standard InChI is InChI=1S/C17H17N.C3H9N.CH4O/c1-18-13-16(14-8-4-2-5-9-14)12-17(18)15-10-6-3-7-11-15;1-4(2)3;1-2/h2-12,17H,13H2,1H3;1-3H3;2H,1H3. The van der Waals surface area contributed by atoms with Gasteiger partial charge in [-0.05, 0) is 44.9 Å². The molecule has 2 aromatic carbocycles.